The van der Waals surface area contributed by atoms with Crippen molar-refractivity contribution in [2.45, 2.75) is 43.9 Å². The minimum atomic E-state index is -0.404. The van der Waals surface area contributed by atoms with Gasteiger partial charge in [-0.1, -0.05) is 35.7 Å². The maximum atomic E-state index is 12.8. The predicted octanol–water partition coefficient (Wildman–Crippen LogP) is 3.92. The standard InChI is InChI=1S/C18H24Cl2N2O/c19-15-5-4-14(11-16(15)20)18(7-2-8-18)17(23)22-10-6-13-3-1-9-21-12-13/h4-5,11,13,21H,1-3,6-10,12H2,(H,22,23). The molecule has 0 spiro atoms. The van der Waals surface area contributed by atoms with E-state index in [0.717, 1.165) is 50.9 Å². The van der Waals surface area contributed by atoms with Crippen molar-refractivity contribution in [2.75, 3.05) is 19.6 Å². The van der Waals surface area contributed by atoms with Crippen molar-refractivity contribution in [3.8, 4) is 0 Å². The van der Waals surface area contributed by atoms with Gasteiger partial charge in [0.05, 0.1) is 15.5 Å². The third kappa shape index (κ3) is 3.67. The first-order valence-corrected chi connectivity index (χ1v) is 9.32. The molecule has 1 aromatic rings. The largest absolute Gasteiger partial charge is 0.355 e. The topological polar surface area (TPSA) is 41.1 Å². The van der Waals surface area contributed by atoms with Gasteiger partial charge in [-0.3, -0.25) is 4.79 Å². The molecule has 1 saturated carbocycles. The molecule has 1 aliphatic carbocycles. The SMILES string of the molecule is O=C(NCCC1CCCNC1)C1(c2ccc(Cl)c(Cl)c2)CCC1. The highest BCUT2D eigenvalue weighted by Gasteiger charge is 2.45. The van der Waals surface area contributed by atoms with Crippen LogP contribution in [0, 0.1) is 5.92 Å². The Morgan fingerprint density at radius 2 is 2.09 bits per heavy atom. The van der Waals surface area contributed by atoms with E-state index in [4.69, 9.17) is 23.2 Å². The van der Waals surface area contributed by atoms with Crippen LogP contribution in [-0.4, -0.2) is 25.5 Å². The van der Waals surface area contributed by atoms with Crippen molar-refractivity contribution in [3.63, 3.8) is 0 Å². The van der Waals surface area contributed by atoms with E-state index >= 15 is 0 Å². The molecule has 5 heteroatoms. The zero-order valence-corrected chi connectivity index (χ0v) is 14.8. The molecule has 1 heterocycles. The van der Waals surface area contributed by atoms with E-state index in [1.807, 2.05) is 12.1 Å². The highest BCUT2D eigenvalue weighted by molar-refractivity contribution is 6.42. The number of carbonyl (C=O) groups excluding carboxylic acids is 1. The molecule has 0 aromatic heterocycles. The second-order valence-corrected chi connectivity index (χ2v) is 7.64. The monoisotopic (exact) mass is 354 g/mol. The summed E-state index contributed by atoms with van der Waals surface area (Å²) in [4.78, 5) is 12.8. The molecule has 1 aromatic carbocycles. The highest BCUT2D eigenvalue weighted by Crippen LogP contribution is 2.45. The van der Waals surface area contributed by atoms with Crippen LogP contribution >= 0.6 is 23.2 Å². The molecule has 0 radical (unpaired) electrons. The van der Waals surface area contributed by atoms with Crippen LogP contribution in [-0.2, 0) is 10.2 Å². The number of hydrogen-bond donors (Lipinski definition) is 2. The fourth-order valence-corrected chi connectivity index (χ4v) is 4.00. The van der Waals surface area contributed by atoms with Gasteiger partial charge < -0.3 is 10.6 Å². The van der Waals surface area contributed by atoms with Crippen LogP contribution in [0.3, 0.4) is 0 Å². The molecule has 1 atom stereocenters. The van der Waals surface area contributed by atoms with Crippen molar-refractivity contribution in [1.82, 2.24) is 10.6 Å². The number of carbonyl (C=O) groups is 1. The first kappa shape index (κ1) is 17.1. The first-order chi connectivity index (χ1) is 11.1. The fourth-order valence-electron chi connectivity index (χ4n) is 3.70. The summed E-state index contributed by atoms with van der Waals surface area (Å²) in [5.41, 5.74) is 0.592. The molecular weight excluding hydrogens is 331 g/mol. The van der Waals surface area contributed by atoms with Gasteiger partial charge in [-0.15, -0.1) is 0 Å². The predicted molar refractivity (Wildman–Crippen MR) is 95.2 cm³/mol. The van der Waals surface area contributed by atoms with E-state index in [-0.39, 0.29) is 5.91 Å². The molecule has 0 bridgehead atoms. The molecule has 1 amide bonds. The summed E-state index contributed by atoms with van der Waals surface area (Å²) in [6.45, 7) is 2.96. The lowest BCUT2D eigenvalue weighted by molar-refractivity contribution is -0.130. The second-order valence-electron chi connectivity index (χ2n) is 6.82. The zero-order chi connectivity index (χ0) is 16.3. The third-order valence-corrected chi connectivity index (χ3v) is 6.09. The summed E-state index contributed by atoms with van der Waals surface area (Å²) in [5.74, 6) is 0.831. The number of piperidine rings is 1. The van der Waals surface area contributed by atoms with Gasteiger partial charge in [0.15, 0.2) is 0 Å². The summed E-state index contributed by atoms with van der Waals surface area (Å²) < 4.78 is 0. The summed E-state index contributed by atoms with van der Waals surface area (Å²) in [7, 11) is 0. The molecule has 3 nitrogen and oxygen atoms in total. The number of rotatable bonds is 5. The number of halogens is 2. The molecule has 2 aliphatic rings. The Morgan fingerprint density at radius 1 is 1.26 bits per heavy atom. The number of hydrogen-bond acceptors (Lipinski definition) is 2. The maximum absolute atomic E-state index is 12.8. The minimum absolute atomic E-state index is 0.144. The third-order valence-electron chi connectivity index (χ3n) is 5.35. The van der Waals surface area contributed by atoms with Crippen LogP contribution in [0.4, 0.5) is 0 Å². The molecule has 1 aliphatic heterocycles. The van der Waals surface area contributed by atoms with E-state index in [9.17, 15) is 4.79 Å². The normalized spacial score (nSPS) is 23.1. The van der Waals surface area contributed by atoms with Crippen LogP contribution < -0.4 is 10.6 Å². The van der Waals surface area contributed by atoms with Gasteiger partial charge >= 0.3 is 0 Å². The van der Waals surface area contributed by atoms with Gasteiger partial charge in [0.1, 0.15) is 0 Å². The van der Waals surface area contributed by atoms with E-state index in [1.165, 1.54) is 12.8 Å². The maximum Gasteiger partial charge on any atom is 0.230 e. The van der Waals surface area contributed by atoms with E-state index in [2.05, 4.69) is 10.6 Å². The van der Waals surface area contributed by atoms with Crippen LogP contribution in [0.25, 0.3) is 0 Å². The average Bonchev–Trinajstić information content (AvgIpc) is 2.51. The highest BCUT2D eigenvalue weighted by atomic mass is 35.5. The lowest BCUT2D eigenvalue weighted by Crippen LogP contribution is -2.49. The van der Waals surface area contributed by atoms with Crippen LogP contribution in [0.2, 0.25) is 10.0 Å². The number of nitrogens with one attached hydrogen (secondary N) is 2. The van der Waals surface area contributed by atoms with E-state index in [0.29, 0.717) is 16.0 Å². The van der Waals surface area contributed by atoms with Gasteiger partial charge in [0, 0.05) is 6.54 Å². The molecule has 2 fully saturated rings. The van der Waals surface area contributed by atoms with Gasteiger partial charge in [0.25, 0.3) is 0 Å². The smallest absolute Gasteiger partial charge is 0.230 e. The molecule has 1 saturated heterocycles. The van der Waals surface area contributed by atoms with Gasteiger partial charge in [-0.25, -0.2) is 0 Å². The van der Waals surface area contributed by atoms with Gasteiger partial charge in [-0.05, 0) is 68.8 Å². The summed E-state index contributed by atoms with van der Waals surface area (Å²) in [5, 5.41) is 7.65. The van der Waals surface area contributed by atoms with E-state index in [1.54, 1.807) is 6.07 Å². The lowest BCUT2D eigenvalue weighted by atomic mass is 9.64. The van der Waals surface area contributed by atoms with Crippen molar-refractivity contribution in [2.24, 2.45) is 5.92 Å². The number of amides is 1. The van der Waals surface area contributed by atoms with Crippen LogP contribution in [0.5, 0.6) is 0 Å². The Kier molecular flexibility index (Phi) is 5.50. The molecule has 3 rings (SSSR count). The number of benzene rings is 1. The fraction of sp³-hybridized carbons (Fsp3) is 0.611. The van der Waals surface area contributed by atoms with Crippen molar-refractivity contribution < 1.29 is 4.79 Å². The molecule has 23 heavy (non-hydrogen) atoms. The first-order valence-electron chi connectivity index (χ1n) is 8.56. The Morgan fingerprint density at radius 3 is 2.70 bits per heavy atom. The minimum Gasteiger partial charge on any atom is -0.355 e. The Labute approximate surface area is 148 Å². The quantitative estimate of drug-likeness (QED) is 0.841. The van der Waals surface area contributed by atoms with Crippen molar-refractivity contribution in [3.05, 3.63) is 33.8 Å². The van der Waals surface area contributed by atoms with Crippen molar-refractivity contribution >= 4 is 29.1 Å². The Bertz CT molecular complexity index is 566. The van der Waals surface area contributed by atoms with Crippen LogP contribution in [0.1, 0.15) is 44.1 Å². The van der Waals surface area contributed by atoms with Crippen LogP contribution in [0.15, 0.2) is 18.2 Å². The lowest BCUT2D eigenvalue weighted by Gasteiger charge is -2.41. The molecular formula is C18H24Cl2N2O. The molecule has 2 N–H and O–H groups in total. The zero-order valence-electron chi connectivity index (χ0n) is 13.3. The molecule has 126 valence electrons. The van der Waals surface area contributed by atoms with E-state index < -0.39 is 5.41 Å². The average molecular weight is 355 g/mol. The Hall–Kier alpha value is -0.770. The molecule has 1 unspecified atom stereocenters. The van der Waals surface area contributed by atoms with Gasteiger partial charge in [-0.2, -0.15) is 0 Å². The summed E-state index contributed by atoms with van der Waals surface area (Å²) in [6.07, 6.45) is 6.42. The van der Waals surface area contributed by atoms with Gasteiger partial charge in [0.2, 0.25) is 5.91 Å². The summed E-state index contributed by atoms with van der Waals surface area (Å²) in [6, 6.07) is 5.59. The Balaban J connectivity index is 1.60. The summed E-state index contributed by atoms with van der Waals surface area (Å²) >= 11 is 12.1. The van der Waals surface area contributed by atoms with Crippen molar-refractivity contribution in [1.29, 1.82) is 0 Å². The second kappa shape index (κ2) is 7.42.